The van der Waals surface area contributed by atoms with Crippen LogP contribution in [0.15, 0.2) is 24.3 Å². The Morgan fingerprint density at radius 2 is 2.12 bits per heavy atom. The molecule has 0 aromatic heterocycles. The summed E-state index contributed by atoms with van der Waals surface area (Å²) in [4.78, 5) is 14.0. The molecule has 1 amide bonds. The molecule has 2 N–H and O–H groups in total. The maximum Gasteiger partial charge on any atom is 0.226 e. The number of rotatable bonds is 3. The van der Waals surface area contributed by atoms with Gasteiger partial charge in [-0.05, 0) is 37.3 Å². The first kappa shape index (κ1) is 10.6. The number of likely N-dealkylation sites (tertiary alicyclic amines) is 1. The Morgan fingerprint density at radius 3 is 2.82 bits per heavy atom. The second-order valence-corrected chi connectivity index (χ2v) is 5.14. The second kappa shape index (κ2) is 4.06. The van der Waals surface area contributed by atoms with Crippen LogP contribution in [0.5, 0.6) is 0 Å². The third-order valence-electron chi connectivity index (χ3n) is 4.16. The van der Waals surface area contributed by atoms with Crippen molar-refractivity contribution in [3.8, 4) is 0 Å². The number of amides is 1. The van der Waals surface area contributed by atoms with Gasteiger partial charge in [0, 0.05) is 24.2 Å². The monoisotopic (exact) mass is 230 g/mol. The van der Waals surface area contributed by atoms with Crippen molar-refractivity contribution in [2.75, 3.05) is 12.3 Å². The van der Waals surface area contributed by atoms with E-state index < -0.39 is 0 Å². The molecule has 90 valence electrons. The molecule has 2 aliphatic rings. The van der Waals surface area contributed by atoms with Gasteiger partial charge in [-0.15, -0.1) is 0 Å². The molecule has 2 bridgehead atoms. The Hall–Kier alpha value is -1.51. The van der Waals surface area contributed by atoms with Crippen molar-refractivity contribution in [2.45, 2.75) is 31.7 Å². The van der Waals surface area contributed by atoms with Crippen LogP contribution in [0.4, 0.5) is 5.69 Å². The molecule has 1 saturated heterocycles. The van der Waals surface area contributed by atoms with Crippen LogP contribution in [0.3, 0.4) is 0 Å². The van der Waals surface area contributed by atoms with E-state index in [2.05, 4.69) is 4.90 Å². The van der Waals surface area contributed by atoms with Crippen LogP contribution in [-0.4, -0.2) is 23.4 Å². The van der Waals surface area contributed by atoms with Gasteiger partial charge in [-0.2, -0.15) is 0 Å². The fourth-order valence-corrected chi connectivity index (χ4v) is 3.18. The molecule has 1 aromatic carbocycles. The first-order valence-corrected chi connectivity index (χ1v) is 6.39. The minimum Gasteiger partial charge on any atom is -0.399 e. The zero-order valence-corrected chi connectivity index (χ0v) is 9.93. The Bertz CT molecular complexity index is 444. The molecule has 0 spiro atoms. The van der Waals surface area contributed by atoms with Gasteiger partial charge in [-0.3, -0.25) is 4.79 Å². The van der Waals surface area contributed by atoms with Crippen LogP contribution < -0.4 is 5.73 Å². The summed E-state index contributed by atoms with van der Waals surface area (Å²) in [6.45, 7) is 0.828. The SMILES string of the molecule is Nc1ccccc1CCN1C(=O)C2CCC1C2. The number of nitrogens with zero attached hydrogens (tertiary/aromatic N) is 1. The maximum absolute atomic E-state index is 12.0. The van der Waals surface area contributed by atoms with Gasteiger partial charge in [0.2, 0.25) is 5.91 Å². The molecule has 1 saturated carbocycles. The standard InChI is InChI=1S/C14H18N2O/c15-13-4-2-1-3-10(13)7-8-16-12-6-5-11(9-12)14(16)17/h1-4,11-12H,5-9,15H2. The van der Waals surface area contributed by atoms with Crippen molar-refractivity contribution in [3.63, 3.8) is 0 Å². The highest BCUT2D eigenvalue weighted by atomic mass is 16.2. The average molecular weight is 230 g/mol. The van der Waals surface area contributed by atoms with Crippen molar-refractivity contribution in [1.82, 2.24) is 4.90 Å². The lowest BCUT2D eigenvalue weighted by Gasteiger charge is -2.27. The number of nitrogen functional groups attached to an aromatic ring is 1. The van der Waals surface area contributed by atoms with E-state index in [4.69, 9.17) is 5.73 Å². The van der Waals surface area contributed by atoms with Crippen molar-refractivity contribution in [3.05, 3.63) is 29.8 Å². The highest BCUT2D eigenvalue weighted by molar-refractivity contribution is 5.82. The van der Waals surface area contributed by atoms with Crippen LogP contribution in [0.2, 0.25) is 0 Å². The number of piperidine rings is 1. The molecule has 1 aliphatic carbocycles. The van der Waals surface area contributed by atoms with Crippen molar-refractivity contribution < 1.29 is 4.79 Å². The number of nitrogens with two attached hydrogens (primary N) is 1. The van der Waals surface area contributed by atoms with E-state index >= 15 is 0 Å². The van der Waals surface area contributed by atoms with Gasteiger partial charge >= 0.3 is 0 Å². The lowest BCUT2D eigenvalue weighted by Crippen LogP contribution is -2.38. The Kier molecular flexibility index (Phi) is 2.54. The zero-order valence-electron chi connectivity index (χ0n) is 9.93. The predicted octanol–water partition coefficient (Wildman–Crippen LogP) is 1.82. The number of para-hydroxylation sites is 1. The molecule has 3 rings (SSSR count). The van der Waals surface area contributed by atoms with Crippen LogP contribution in [0, 0.1) is 5.92 Å². The van der Waals surface area contributed by atoms with E-state index in [1.54, 1.807) is 0 Å². The number of carbonyl (C=O) groups is 1. The van der Waals surface area contributed by atoms with Gasteiger partial charge in [0.05, 0.1) is 0 Å². The number of hydrogen-bond acceptors (Lipinski definition) is 2. The molecule has 2 fully saturated rings. The molecular weight excluding hydrogens is 212 g/mol. The number of fused-ring (bicyclic) bond motifs is 2. The van der Waals surface area contributed by atoms with Gasteiger partial charge in [-0.25, -0.2) is 0 Å². The van der Waals surface area contributed by atoms with Crippen molar-refractivity contribution in [1.29, 1.82) is 0 Å². The van der Waals surface area contributed by atoms with Crippen LogP contribution in [-0.2, 0) is 11.2 Å². The number of carbonyl (C=O) groups excluding carboxylic acids is 1. The third-order valence-corrected chi connectivity index (χ3v) is 4.16. The minimum absolute atomic E-state index is 0.327. The summed E-state index contributed by atoms with van der Waals surface area (Å²) in [7, 11) is 0. The lowest BCUT2D eigenvalue weighted by molar-refractivity contribution is -0.134. The summed E-state index contributed by atoms with van der Waals surface area (Å²) in [6, 6.07) is 8.44. The smallest absolute Gasteiger partial charge is 0.226 e. The third kappa shape index (κ3) is 1.79. The molecule has 3 nitrogen and oxygen atoms in total. The summed E-state index contributed by atoms with van der Waals surface area (Å²) in [5.74, 6) is 0.698. The van der Waals surface area contributed by atoms with Crippen LogP contribution in [0.1, 0.15) is 24.8 Å². The molecule has 1 aliphatic heterocycles. The predicted molar refractivity (Wildman–Crippen MR) is 67.4 cm³/mol. The van der Waals surface area contributed by atoms with Gasteiger partial charge in [0.15, 0.2) is 0 Å². The Balaban J connectivity index is 1.66. The highest BCUT2D eigenvalue weighted by Gasteiger charge is 2.43. The first-order chi connectivity index (χ1) is 8.25. The summed E-state index contributed by atoms with van der Waals surface area (Å²) in [5, 5.41) is 0. The zero-order chi connectivity index (χ0) is 11.8. The number of benzene rings is 1. The summed E-state index contributed by atoms with van der Waals surface area (Å²) < 4.78 is 0. The summed E-state index contributed by atoms with van der Waals surface area (Å²) in [6.07, 6.45) is 4.26. The van der Waals surface area contributed by atoms with Crippen LogP contribution in [0.25, 0.3) is 0 Å². The molecule has 3 heteroatoms. The van der Waals surface area contributed by atoms with E-state index in [1.807, 2.05) is 24.3 Å². The van der Waals surface area contributed by atoms with E-state index in [0.29, 0.717) is 17.9 Å². The molecule has 17 heavy (non-hydrogen) atoms. The normalized spacial score (nSPS) is 26.8. The van der Waals surface area contributed by atoms with Crippen LogP contribution >= 0.6 is 0 Å². The van der Waals surface area contributed by atoms with E-state index in [-0.39, 0.29) is 0 Å². The molecule has 0 radical (unpaired) electrons. The fourth-order valence-electron chi connectivity index (χ4n) is 3.18. The Labute approximate surface area is 102 Å². The summed E-state index contributed by atoms with van der Waals surface area (Å²) in [5.41, 5.74) is 7.91. The molecular formula is C14H18N2O. The number of anilines is 1. The highest BCUT2D eigenvalue weighted by Crippen LogP contribution is 2.38. The van der Waals surface area contributed by atoms with Gasteiger partial charge < -0.3 is 10.6 Å². The van der Waals surface area contributed by atoms with Gasteiger partial charge in [0.1, 0.15) is 0 Å². The largest absolute Gasteiger partial charge is 0.399 e. The lowest BCUT2D eigenvalue weighted by atomic mass is 10.1. The van der Waals surface area contributed by atoms with Gasteiger partial charge in [-0.1, -0.05) is 18.2 Å². The van der Waals surface area contributed by atoms with E-state index in [9.17, 15) is 4.79 Å². The second-order valence-electron chi connectivity index (χ2n) is 5.14. The van der Waals surface area contributed by atoms with E-state index in [1.165, 1.54) is 6.42 Å². The molecule has 2 atom stereocenters. The van der Waals surface area contributed by atoms with Gasteiger partial charge in [0.25, 0.3) is 0 Å². The molecule has 1 heterocycles. The number of hydrogen-bond donors (Lipinski definition) is 1. The van der Waals surface area contributed by atoms with Crippen molar-refractivity contribution in [2.24, 2.45) is 5.92 Å². The summed E-state index contributed by atoms with van der Waals surface area (Å²) >= 11 is 0. The molecule has 2 unspecified atom stereocenters. The fraction of sp³-hybridized carbons (Fsp3) is 0.500. The average Bonchev–Trinajstić information content (AvgIpc) is 2.90. The maximum atomic E-state index is 12.0. The minimum atomic E-state index is 0.327. The molecule has 1 aromatic rings. The quantitative estimate of drug-likeness (QED) is 0.805. The van der Waals surface area contributed by atoms with E-state index in [0.717, 1.165) is 37.1 Å². The van der Waals surface area contributed by atoms with Crippen molar-refractivity contribution >= 4 is 11.6 Å². The topological polar surface area (TPSA) is 46.3 Å². The first-order valence-electron chi connectivity index (χ1n) is 6.39. The Morgan fingerprint density at radius 1 is 1.29 bits per heavy atom.